The van der Waals surface area contributed by atoms with Crippen molar-refractivity contribution in [2.45, 2.75) is 19.5 Å². The third-order valence-electron chi connectivity index (χ3n) is 1.85. The predicted octanol–water partition coefficient (Wildman–Crippen LogP) is 0.476. The molecule has 0 aromatic carbocycles. The van der Waals surface area contributed by atoms with Crippen molar-refractivity contribution in [2.24, 2.45) is 0 Å². The van der Waals surface area contributed by atoms with Crippen molar-refractivity contribution in [3.8, 4) is 0 Å². The van der Waals surface area contributed by atoms with E-state index in [1.807, 2.05) is 19.1 Å². The van der Waals surface area contributed by atoms with E-state index in [0.717, 1.165) is 5.69 Å². The van der Waals surface area contributed by atoms with Crippen LogP contribution in [0.4, 0.5) is 0 Å². The van der Waals surface area contributed by atoms with Crippen LogP contribution in [-0.2, 0) is 11.3 Å². The second kappa shape index (κ2) is 7.08. The van der Waals surface area contributed by atoms with Gasteiger partial charge in [0, 0.05) is 19.3 Å². The van der Waals surface area contributed by atoms with Crippen molar-refractivity contribution >= 4 is 17.3 Å². The van der Waals surface area contributed by atoms with E-state index in [9.17, 15) is 0 Å². The fraction of sp³-hybridized carbons (Fsp3) is 0.500. The number of hydrogen-bond donors (Lipinski definition) is 2. The number of ether oxygens (including phenoxy) is 1. The number of thiocarbonyl (C=S) groups is 1. The van der Waals surface area contributed by atoms with Crippen molar-refractivity contribution in [3.05, 3.63) is 24.0 Å². The Bertz CT molecular complexity index is 320. The fourth-order valence-corrected chi connectivity index (χ4v) is 1.44. The third-order valence-corrected chi connectivity index (χ3v) is 2.11. The van der Waals surface area contributed by atoms with E-state index in [-0.39, 0.29) is 6.04 Å². The van der Waals surface area contributed by atoms with Crippen LogP contribution in [0.15, 0.2) is 18.3 Å². The summed E-state index contributed by atoms with van der Waals surface area (Å²) in [5.74, 6) is 0. The normalized spacial score (nSPS) is 11.9. The highest BCUT2D eigenvalue weighted by atomic mass is 32.1. The summed E-state index contributed by atoms with van der Waals surface area (Å²) in [5, 5.41) is 14.5. The summed E-state index contributed by atoms with van der Waals surface area (Å²) >= 11 is 5.12. The lowest BCUT2D eigenvalue weighted by Gasteiger charge is -2.15. The van der Waals surface area contributed by atoms with Crippen molar-refractivity contribution in [1.82, 2.24) is 20.8 Å². The van der Waals surface area contributed by atoms with Gasteiger partial charge in [-0.25, -0.2) is 0 Å². The minimum atomic E-state index is 0.187. The Kier molecular flexibility index (Phi) is 5.66. The lowest BCUT2D eigenvalue weighted by atomic mass is 10.4. The predicted molar refractivity (Wildman–Crippen MR) is 65.9 cm³/mol. The summed E-state index contributed by atoms with van der Waals surface area (Å²) in [6.07, 6.45) is 1.64. The molecule has 0 aliphatic rings. The number of nitrogens with zero attached hydrogens (tertiary/aromatic N) is 2. The van der Waals surface area contributed by atoms with Crippen LogP contribution >= 0.6 is 12.2 Å². The molecule has 0 aliphatic heterocycles. The number of rotatable bonds is 5. The Morgan fingerprint density at radius 1 is 1.62 bits per heavy atom. The second-order valence-corrected chi connectivity index (χ2v) is 3.81. The van der Waals surface area contributed by atoms with Crippen LogP contribution in [0, 0.1) is 0 Å². The van der Waals surface area contributed by atoms with Crippen molar-refractivity contribution in [2.75, 3.05) is 13.7 Å². The maximum atomic E-state index is 5.12. The molecule has 0 radical (unpaired) electrons. The van der Waals surface area contributed by atoms with E-state index in [0.29, 0.717) is 18.3 Å². The molecule has 1 heterocycles. The van der Waals surface area contributed by atoms with Gasteiger partial charge in [-0.2, -0.15) is 10.2 Å². The van der Waals surface area contributed by atoms with E-state index < -0.39 is 0 Å². The third kappa shape index (κ3) is 4.99. The van der Waals surface area contributed by atoms with Gasteiger partial charge >= 0.3 is 0 Å². The quantitative estimate of drug-likeness (QED) is 0.730. The van der Waals surface area contributed by atoms with Crippen LogP contribution in [0.3, 0.4) is 0 Å². The molecular formula is C10H16N4OS. The first-order valence-electron chi connectivity index (χ1n) is 5.02. The first-order valence-corrected chi connectivity index (χ1v) is 5.43. The molecule has 0 amide bonds. The molecule has 0 aliphatic carbocycles. The molecule has 0 saturated heterocycles. The molecular weight excluding hydrogens is 224 g/mol. The topological polar surface area (TPSA) is 59.1 Å². The first kappa shape index (κ1) is 12.8. The van der Waals surface area contributed by atoms with Crippen LogP contribution in [0.5, 0.6) is 0 Å². The van der Waals surface area contributed by atoms with Crippen LogP contribution in [0.1, 0.15) is 12.6 Å². The molecule has 0 saturated carbocycles. The van der Waals surface area contributed by atoms with Crippen LogP contribution in [0.25, 0.3) is 0 Å². The molecule has 0 spiro atoms. The minimum absolute atomic E-state index is 0.187. The lowest BCUT2D eigenvalue weighted by molar-refractivity contribution is 0.179. The zero-order chi connectivity index (χ0) is 11.8. The summed E-state index contributed by atoms with van der Waals surface area (Å²) in [4.78, 5) is 0. The van der Waals surface area contributed by atoms with Gasteiger partial charge in [-0.15, -0.1) is 0 Å². The van der Waals surface area contributed by atoms with Crippen molar-refractivity contribution in [1.29, 1.82) is 0 Å². The average molecular weight is 240 g/mol. The van der Waals surface area contributed by atoms with E-state index in [1.54, 1.807) is 13.3 Å². The molecule has 1 rings (SSSR count). The second-order valence-electron chi connectivity index (χ2n) is 3.40. The lowest BCUT2D eigenvalue weighted by Crippen LogP contribution is -2.42. The highest BCUT2D eigenvalue weighted by molar-refractivity contribution is 7.80. The molecule has 6 heteroatoms. The summed E-state index contributed by atoms with van der Waals surface area (Å²) in [6.45, 7) is 3.19. The first-order chi connectivity index (χ1) is 7.72. The molecule has 2 N–H and O–H groups in total. The van der Waals surface area contributed by atoms with Crippen LogP contribution in [0.2, 0.25) is 0 Å². The Labute approximate surface area is 101 Å². The van der Waals surface area contributed by atoms with Gasteiger partial charge in [0.2, 0.25) is 0 Å². The summed E-state index contributed by atoms with van der Waals surface area (Å²) in [5.41, 5.74) is 0.853. The summed E-state index contributed by atoms with van der Waals surface area (Å²) in [6, 6.07) is 3.92. The zero-order valence-electron chi connectivity index (χ0n) is 9.43. The number of hydrogen-bond acceptors (Lipinski definition) is 4. The molecule has 1 aromatic heterocycles. The smallest absolute Gasteiger partial charge is 0.166 e. The van der Waals surface area contributed by atoms with Gasteiger partial charge < -0.3 is 15.4 Å². The zero-order valence-corrected chi connectivity index (χ0v) is 10.3. The average Bonchev–Trinajstić information content (AvgIpc) is 2.28. The number of nitrogens with one attached hydrogen (secondary N) is 2. The van der Waals surface area contributed by atoms with E-state index in [4.69, 9.17) is 17.0 Å². The maximum absolute atomic E-state index is 5.12. The summed E-state index contributed by atoms with van der Waals surface area (Å²) in [7, 11) is 1.66. The van der Waals surface area contributed by atoms with Crippen molar-refractivity contribution < 1.29 is 4.74 Å². The molecule has 1 atom stereocenters. The highest BCUT2D eigenvalue weighted by Crippen LogP contribution is 1.90. The van der Waals surface area contributed by atoms with Crippen LogP contribution < -0.4 is 10.6 Å². The van der Waals surface area contributed by atoms with Crippen LogP contribution in [-0.4, -0.2) is 35.1 Å². The molecule has 16 heavy (non-hydrogen) atoms. The van der Waals surface area contributed by atoms with Gasteiger partial charge in [-0.05, 0) is 31.3 Å². The van der Waals surface area contributed by atoms with Gasteiger partial charge in [0.25, 0.3) is 0 Å². The maximum Gasteiger partial charge on any atom is 0.166 e. The van der Waals surface area contributed by atoms with E-state index in [1.165, 1.54) is 0 Å². The van der Waals surface area contributed by atoms with Gasteiger partial charge in [0.1, 0.15) is 0 Å². The Hall–Kier alpha value is -1.27. The highest BCUT2D eigenvalue weighted by Gasteiger charge is 2.03. The van der Waals surface area contributed by atoms with Crippen molar-refractivity contribution in [3.63, 3.8) is 0 Å². The van der Waals surface area contributed by atoms with E-state index >= 15 is 0 Å². The van der Waals surface area contributed by atoms with Gasteiger partial charge in [0.05, 0.1) is 18.8 Å². The van der Waals surface area contributed by atoms with Gasteiger partial charge in [0.15, 0.2) is 5.11 Å². The van der Waals surface area contributed by atoms with Gasteiger partial charge in [-0.1, -0.05) is 0 Å². The Morgan fingerprint density at radius 2 is 2.44 bits per heavy atom. The number of methoxy groups -OCH3 is 1. The molecule has 0 bridgehead atoms. The van der Waals surface area contributed by atoms with E-state index in [2.05, 4.69) is 20.8 Å². The molecule has 5 nitrogen and oxygen atoms in total. The molecule has 0 fully saturated rings. The Morgan fingerprint density at radius 3 is 3.06 bits per heavy atom. The fourth-order valence-electron chi connectivity index (χ4n) is 1.17. The summed E-state index contributed by atoms with van der Waals surface area (Å²) < 4.78 is 5.00. The standard InChI is InChI=1S/C10H16N4OS/c1-8(7-15-2)13-10(16)11-6-9-4-3-5-12-14-9/h3-5,8H,6-7H2,1-2H3,(H2,11,13,16). The molecule has 1 unspecified atom stereocenters. The van der Waals surface area contributed by atoms with Gasteiger partial charge in [-0.3, -0.25) is 0 Å². The number of aromatic nitrogens is 2. The molecule has 88 valence electrons. The Balaban J connectivity index is 2.25. The SMILES string of the molecule is COCC(C)NC(=S)NCc1cccnn1. The largest absolute Gasteiger partial charge is 0.383 e. The monoisotopic (exact) mass is 240 g/mol. The molecule has 1 aromatic rings. The minimum Gasteiger partial charge on any atom is -0.383 e.